The second-order valence-corrected chi connectivity index (χ2v) is 3.32. The number of aromatic nitrogens is 2. The Labute approximate surface area is 85.3 Å². The normalized spacial score (nSPS) is 13.0. The minimum absolute atomic E-state index is 0.342. The number of imidazole rings is 1. The molecule has 1 rings (SSSR count). The molecule has 0 spiro atoms. The van der Waals surface area contributed by atoms with Gasteiger partial charge in [-0.25, -0.2) is 4.98 Å². The van der Waals surface area contributed by atoms with Crippen LogP contribution in [0.5, 0.6) is 0 Å². The molecule has 1 N–H and O–H groups in total. The van der Waals surface area contributed by atoms with Crippen LogP contribution in [0.15, 0.2) is 18.7 Å². The van der Waals surface area contributed by atoms with Crippen molar-refractivity contribution in [2.75, 3.05) is 26.8 Å². The van der Waals surface area contributed by atoms with Gasteiger partial charge in [0.25, 0.3) is 0 Å². The Hall–Kier alpha value is -0.870. The molecule has 80 valence electrons. The summed E-state index contributed by atoms with van der Waals surface area (Å²) in [6.07, 6.45) is 6.75. The third kappa shape index (κ3) is 3.47. The zero-order valence-electron chi connectivity index (χ0n) is 8.94. The van der Waals surface area contributed by atoms with Crippen molar-refractivity contribution in [2.24, 2.45) is 0 Å². The van der Waals surface area contributed by atoms with Gasteiger partial charge in [-0.1, -0.05) is 6.92 Å². The van der Waals surface area contributed by atoms with Crippen molar-refractivity contribution in [1.29, 1.82) is 0 Å². The summed E-state index contributed by atoms with van der Waals surface area (Å²) in [4.78, 5) is 4.03. The van der Waals surface area contributed by atoms with E-state index in [0.29, 0.717) is 12.6 Å². The molecule has 0 aliphatic carbocycles. The van der Waals surface area contributed by atoms with Crippen molar-refractivity contribution in [3.05, 3.63) is 18.7 Å². The van der Waals surface area contributed by atoms with Crippen LogP contribution >= 0.6 is 0 Å². The first-order valence-electron chi connectivity index (χ1n) is 5.05. The van der Waals surface area contributed by atoms with E-state index in [1.807, 2.05) is 12.5 Å². The lowest BCUT2D eigenvalue weighted by Crippen LogP contribution is -2.28. The fourth-order valence-corrected chi connectivity index (χ4v) is 1.37. The molecule has 14 heavy (non-hydrogen) atoms. The monoisotopic (exact) mass is 197 g/mol. The Kier molecular flexibility index (Phi) is 5.25. The van der Waals surface area contributed by atoms with E-state index in [9.17, 15) is 0 Å². The molecular weight excluding hydrogens is 178 g/mol. The van der Waals surface area contributed by atoms with Crippen molar-refractivity contribution >= 4 is 0 Å². The van der Waals surface area contributed by atoms with Crippen LogP contribution < -0.4 is 5.32 Å². The zero-order chi connectivity index (χ0) is 10.2. The topological polar surface area (TPSA) is 39.1 Å². The average Bonchev–Trinajstić information content (AvgIpc) is 2.70. The fourth-order valence-electron chi connectivity index (χ4n) is 1.37. The predicted molar refractivity (Wildman–Crippen MR) is 56.3 cm³/mol. The molecule has 0 amide bonds. The molecule has 1 aromatic rings. The van der Waals surface area contributed by atoms with E-state index in [2.05, 4.69) is 21.8 Å². The lowest BCUT2D eigenvalue weighted by Gasteiger charge is -2.17. The summed E-state index contributed by atoms with van der Waals surface area (Å²) in [5, 5.41) is 3.38. The Morgan fingerprint density at radius 1 is 1.57 bits per heavy atom. The van der Waals surface area contributed by atoms with Crippen LogP contribution in [0.25, 0.3) is 0 Å². The number of nitrogens with zero attached hydrogens (tertiary/aromatic N) is 2. The fraction of sp³-hybridized carbons (Fsp3) is 0.700. The molecule has 0 saturated heterocycles. The first-order valence-corrected chi connectivity index (χ1v) is 5.05. The highest BCUT2D eigenvalue weighted by Crippen LogP contribution is 2.04. The predicted octanol–water partition coefficient (Wildman–Crippen LogP) is 1.07. The molecule has 1 unspecified atom stereocenters. The first kappa shape index (κ1) is 11.2. The van der Waals surface area contributed by atoms with Gasteiger partial charge in [0.1, 0.15) is 0 Å². The summed E-state index contributed by atoms with van der Waals surface area (Å²) in [6, 6.07) is 0.342. The Balaban J connectivity index is 2.39. The zero-order valence-corrected chi connectivity index (χ0v) is 8.94. The van der Waals surface area contributed by atoms with Crippen molar-refractivity contribution in [3.63, 3.8) is 0 Å². The van der Waals surface area contributed by atoms with Crippen molar-refractivity contribution < 1.29 is 4.74 Å². The van der Waals surface area contributed by atoms with Crippen LogP contribution in [0.4, 0.5) is 0 Å². The Morgan fingerprint density at radius 3 is 3.00 bits per heavy atom. The van der Waals surface area contributed by atoms with Crippen LogP contribution in [0.3, 0.4) is 0 Å². The molecule has 1 atom stereocenters. The Bertz CT molecular complexity index is 223. The van der Waals surface area contributed by atoms with Gasteiger partial charge in [-0.15, -0.1) is 0 Å². The molecule has 4 heteroatoms. The molecule has 1 aromatic heterocycles. The van der Waals surface area contributed by atoms with Gasteiger partial charge >= 0.3 is 0 Å². The molecule has 0 saturated carbocycles. The maximum atomic E-state index is 5.17. The van der Waals surface area contributed by atoms with Gasteiger partial charge in [0.15, 0.2) is 0 Å². The van der Waals surface area contributed by atoms with Gasteiger partial charge in [0.2, 0.25) is 0 Å². The molecule has 0 bridgehead atoms. The standard InChI is InChI=1S/C10H19N3O/c1-3-4-11-7-10(8-14-2)13-6-5-12-9-13/h5-6,9-11H,3-4,7-8H2,1-2H3. The summed E-state index contributed by atoms with van der Waals surface area (Å²) >= 11 is 0. The van der Waals surface area contributed by atoms with Crippen molar-refractivity contribution in [2.45, 2.75) is 19.4 Å². The first-order chi connectivity index (χ1) is 6.88. The van der Waals surface area contributed by atoms with Gasteiger partial charge in [0, 0.05) is 26.0 Å². The summed E-state index contributed by atoms with van der Waals surface area (Å²) in [5.74, 6) is 0. The van der Waals surface area contributed by atoms with Gasteiger partial charge < -0.3 is 14.6 Å². The van der Waals surface area contributed by atoms with E-state index in [1.54, 1.807) is 13.3 Å². The molecule has 4 nitrogen and oxygen atoms in total. The highest BCUT2D eigenvalue weighted by atomic mass is 16.5. The van der Waals surface area contributed by atoms with Gasteiger partial charge in [-0.05, 0) is 13.0 Å². The van der Waals surface area contributed by atoms with E-state index < -0.39 is 0 Å². The van der Waals surface area contributed by atoms with Crippen LogP contribution in [-0.4, -0.2) is 36.4 Å². The molecule has 0 aromatic carbocycles. The second-order valence-electron chi connectivity index (χ2n) is 3.32. The van der Waals surface area contributed by atoms with Crippen LogP contribution in [0.2, 0.25) is 0 Å². The molecule has 0 fully saturated rings. The minimum atomic E-state index is 0.342. The summed E-state index contributed by atoms with van der Waals surface area (Å²) in [5.41, 5.74) is 0. The third-order valence-electron chi connectivity index (χ3n) is 2.11. The summed E-state index contributed by atoms with van der Waals surface area (Å²) in [6.45, 7) is 4.86. The highest BCUT2D eigenvalue weighted by molar-refractivity contribution is 4.81. The van der Waals surface area contributed by atoms with Crippen LogP contribution in [0, 0.1) is 0 Å². The highest BCUT2D eigenvalue weighted by Gasteiger charge is 2.08. The lowest BCUT2D eigenvalue weighted by molar-refractivity contribution is 0.154. The number of rotatable bonds is 7. The van der Waals surface area contributed by atoms with E-state index >= 15 is 0 Å². The maximum absolute atomic E-state index is 5.17. The van der Waals surface area contributed by atoms with Crippen molar-refractivity contribution in [3.8, 4) is 0 Å². The summed E-state index contributed by atoms with van der Waals surface area (Å²) in [7, 11) is 1.73. The van der Waals surface area contributed by atoms with Gasteiger partial charge in [0.05, 0.1) is 19.0 Å². The average molecular weight is 197 g/mol. The second kappa shape index (κ2) is 6.56. The Morgan fingerprint density at radius 2 is 2.43 bits per heavy atom. The quantitative estimate of drug-likeness (QED) is 0.665. The molecular formula is C10H19N3O. The van der Waals surface area contributed by atoms with Gasteiger partial charge in [-0.2, -0.15) is 0 Å². The number of nitrogens with one attached hydrogen (secondary N) is 1. The maximum Gasteiger partial charge on any atom is 0.0949 e. The molecule has 0 radical (unpaired) electrons. The third-order valence-corrected chi connectivity index (χ3v) is 2.11. The van der Waals surface area contributed by atoms with Crippen molar-refractivity contribution in [1.82, 2.24) is 14.9 Å². The molecule has 0 aliphatic rings. The number of methoxy groups -OCH3 is 1. The van der Waals surface area contributed by atoms with E-state index in [0.717, 1.165) is 19.5 Å². The molecule has 1 heterocycles. The van der Waals surface area contributed by atoms with Crippen LogP contribution in [-0.2, 0) is 4.74 Å². The van der Waals surface area contributed by atoms with E-state index in [-0.39, 0.29) is 0 Å². The molecule has 0 aliphatic heterocycles. The van der Waals surface area contributed by atoms with Gasteiger partial charge in [-0.3, -0.25) is 0 Å². The van der Waals surface area contributed by atoms with E-state index in [1.165, 1.54) is 0 Å². The number of hydrogen-bond acceptors (Lipinski definition) is 3. The van der Waals surface area contributed by atoms with E-state index in [4.69, 9.17) is 4.74 Å². The smallest absolute Gasteiger partial charge is 0.0949 e. The number of hydrogen-bond donors (Lipinski definition) is 1. The minimum Gasteiger partial charge on any atom is -0.382 e. The van der Waals surface area contributed by atoms with Crippen LogP contribution in [0.1, 0.15) is 19.4 Å². The number of ether oxygens (including phenoxy) is 1. The SMILES string of the molecule is CCCNCC(COC)n1ccnc1. The lowest BCUT2D eigenvalue weighted by atomic mass is 10.3. The largest absolute Gasteiger partial charge is 0.382 e. The summed E-state index contributed by atoms with van der Waals surface area (Å²) < 4.78 is 7.25.